The Morgan fingerprint density at radius 1 is 1.19 bits per heavy atom. The molecule has 1 rings (SSSR count). The minimum absolute atomic E-state index is 0.0972. The van der Waals surface area contributed by atoms with Gasteiger partial charge in [0, 0.05) is 19.0 Å². The number of amides is 1. The van der Waals surface area contributed by atoms with E-state index in [1.807, 2.05) is 0 Å². The zero-order chi connectivity index (χ0) is 16.4. The number of rotatable bonds is 3. The summed E-state index contributed by atoms with van der Waals surface area (Å²) in [7, 11) is 1.58. The van der Waals surface area contributed by atoms with Crippen LogP contribution in [-0.2, 0) is 22.8 Å². The van der Waals surface area contributed by atoms with Gasteiger partial charge in [0.15, 0.2) is 0 Å². The molecule has 1 aromatic heterocycles. The van der Waals surface area contributed by atoms with Crippen LogP contribution in [0.4, 0.5) is 13.2 Å². The molecule has 0 aliphatic carbocycles. The molecular formula is C14H20F3N3O. The highest BCUT2D eigenvalue weighted by Crippen LogP contribution is 2.30. The number of nitrogens with zero attached hydrogens (tertiary/aromatic N) is 3. The first-order valence-corrected chi connectivity index (χ1v) is 6.64. The van der Waals surface area contributed by atoms with Crippen molar-refractivity contribution in [2.24, 2.45) is 0 Å². The number of aromatic nitrogens is 2. The second-order valence-electron chi connectivity index (χ2n) is 5.89. The SMILES string of the molecule is CCN(C)C(=O)Cc1nc(C(C)(C)C)cc(C(F)(F)F)n1. The normalized spacial score (nSPS) is 12.4. The molecule has 0 aliphatic rings. The standard InChI is InChI=1S/C14H20F3N3O/c1-6-20(5)12(21)8-11-18-9(13(2,3)4)7-10(19-11)14(15,16)17/h7H,6,8H2,1-5H3. The van der Waals surface area contributed by atoms with Crippen molar-refractivity contribution in [1.29, 1.82) is 0 Å². The Hall–Kier alpha value is -1.66. The molecule has 0 aromatic carbocycles. The van der Waals surface area contributed by atoms with Crippen LogP contribution in [0.5, 0.6) is 0 Å². The third-order valence-corrected chi connectivity index (χ3v) is 3.04. The molecule has 0 aliphatic heterocycles. The third kappa shape index (κ3) is 4.68. The first-order valence-electron chi connectivity index (χ1n) is 6.64. The quantitative estimate of drug-likeness (QED) is 0.862. The number of carbonyl (C=O) groups excluding carboxylic acids is 1. The molecule has 1 amide bonds. The van der Waals surface area contributed by atoms with Crippen LogP contribution >= 0.6 is 0 Å². The smallest absolute Gasteiger partial charge is 0.346 e. The van der Waals surface area contributed by atoms with E-state index in [1.165, 1.54) is 4.90 Å². The van der Waals surface area contributed by atoms with E-state index in [0.717, 1.165) is 6.07 Å². The molecule has 7 heteroatoms. The molecule has 0 spiro atoms. The second-order valence-corrected chi connectivity index (χ2v) is 5.89. The van der Waals surface area contributed by atoms with Gasteiger partial charge in [-0.1, -0.05) is 20.8 Å². The van der Waals surface area contributed by atoms with Crippen LogP contribution in [0.15, 0.2) is 6.07 Å². The van der Waals surface area contributed by atoms with E-state index < -0.39 is 17.3 Å². The summed E-state index contributed by atoms with van der Waals surface area (Å²) in [5.74, 6) is -0.406. The Morgan fingerprint density at radius 2 is 1.71 bits per heavy atom. The van der Waals surface area contributed by atoms with E-state index in [1.54, 1.807) is 34.7 Å². The molecule has 0 bridgehead atoms. The van der Waals surface area contributed by atoms with Crippen molar-refractivity contribution < 1.29 is 18.0 Å². The van der Waals surface area contributed by atoms with Gasteiger partial charge >= 0.3 is 6.18 Å². The third-order valence-electron chi connectivity index (χ3n) is 3.04. The predicted molar refractivity (Wildman–Crippen MR) is 72.7 cm³/mol. The maximum Gasteiger partial charge on any atom is 0.433 e. The van der Waals surface area contributed by atoms with E-state index in [4.69, 9.17) is 0 Å². The zero-order valence-electron chi connectivity index (χ0n) is 12.9. The molecule has 118 valence electrons. The van der Waals surface area contributed by atoms with Crippen LogP contribution < -0.4 is 0 Å². The van der Waals surface area contributed by atoms with Gasteiger partial charge < -0.3 is 4.90 Å². The summed E-state index contributed by atoms with van der Waals surface area (Å²) < 4.78 is 38.7. The van der Waals surface area contributed by atoms with Crippen molar-refractivity contribution >= 4 is 5.91 Å². The summed E-state index contributed by atoms with van der Waals surface area (Å²) in [5.41, 5.74) is -1.30. The molecule has 1 aromatic rings. The minimum atomic E-state index is -4.56. The largest absolute Gasteiger partial charge is 0.433 e. The fourth-order valence-corrected chi connectivity index (χ4v) is 1.55. The van der Waals surface area contributed by atoms with E-state index >= 15 is 0 Å². The van der Waals surface area contributed by atoms with Crippen molar-refractivity contribution in [3.63, 3.8) is 0 Å². The second kappa shape index (κ2) is 5.99. The summed E-state index contributed by atoms with van der Waals surface area (Å²) in [6, 6.07) is 0.942. The molecular weight excluding hydrogens is 283 g/mol. The molecule has 1 heterocycles. The number of likely N-dealkylation sites (N-methyl/N-ethyl adjacent to an activating group) is 1. The molecule has 21 heavy (non-hydrogen) atoms. The first-order chi connectivity index (χ1) is 9.45. The zero-order valence-corrected chi connectivity index (χ0v) is 12.9. The van der Waals surface area contributed by atoms with Crippen LogP contribution in [0, 0.1) is 0 Å². The maximum absolute atomic E-state index is 12.9. The number of carbonyl (C=O) groups is 1. The molecule has 0 unspecified atom stereocenters. The summed E-state index contributed by atoms with van der Waals surface area (Å²) in [6.07, 6.45) is -4.80. The fraction of sp³-hybridized carbons (Fsp3) is 0.643. The van der Waals surface area contributed by atoms with Crippen LogP contribution in [-0.4, -0.2) is 34.4 Å². The molecule has 0 saturated carbocycles. The number of alkyl halides is 3. The average Bonchev–Trinajstić information content (AvgIpc) is 2.35. The van der Waals surface area contributed by atoms with Gasteiger partial charge in [-0.2, -0.15) is 13.2 Å². The van der Waals surface area contributed by atoms with Crippen LogP contribution in [0.2, 0.25) is 0 Å². The minimum Gasteiger partial charge on any atom is -0.346 e. The van der Waals surface area contributed by atoms with Crippen molar-refractivity contribution in [2.75, 3.05) is 13.6 Å². The summed E-state index contributed by atoms with van der Waals surface area (Å²) in [6.45, 7) is 7.55. The lowest BCUT2D eigenvalue weighted by Gasteiger charge is -2.20. The van der Waals surface area contributed by atoms with Gasteiger partial charge in [-0.25, -0.2) is 9.97 Å². The Bertz CT molecular complexity index is 489. The van der Waals surface area contributed by atoms with E-state index in [0.29, 0.717) is 6.54 Å². The van der Waals surface area contributed by atoms with E-state index in [-0.39, 0.29) is 23.8 Å². The van der Waals surface area contributed by atoms with Gasteiger partial charge in [-0.15, -0.1) is 0 Å². The first kappa shape index (κ1) is 17.4. The van der Waals surface area contributed by atoms with Crippen molar-refractivity contribution in [3.8, 4) is 0 Å². The summed E-state index contributed by atoms with van der Waals surface area (Å²) >= 11 is 0. The van der Waals surface area contributed by atoms with Crippen molar-refractivity contribution in [2.45, 2.75) is 45.7 Å². The highest BCUT2D eigenvalue weighted by atomic mass is 19.4. The number of halogens is 3. The molecule has 0 N–H and O–H groups in total. The molecule has 0 radical (unpaired) electrons. The van der Waals surface area contributed by atoms with Gasteiger partial charge in [0.25, 0.3) is 0 Å². The lowest BCUT2D eigenvalue weighted by molar-refractivity contribution is -0.141. The number of hydrogen-bond acceptors (Lipinski definition) is 3. The fourth-order valence-electron chi connectivity index (χ4n) is 1.55. The molecule has 0 fully saturated rings. The monoisotopic (exact) mass is 303 g/mol. The highest BCUT2D eigenvalue weighted by Gasteiger charge is 2.35. The summed E-state index contributed by atoms with van der Waals surface area (Å²) in [5, 5.41) is 0. The predicted octanol–water partition coefficient (Wildman–Crippen LogP) is 2.81. The highest BCUT2D eigenvalue weighted by molar-refractivity contribution is 5.77. The Labute approximate surface area is 122 Å². The van der Waals surface area contributed by atoms with E-state index in [2.05, 4.69) is 9.97 Å². The van der Waals surface area contributed by atoms with Crippen LogP contribution in [0.3, 0.4) is 0 Å². The van der Waals surface area contributed by atoms with E-state index in [9.17, 15) is 18.0 Å². The van der Waals surface area contributed by atoms with Gasteiger partial charge in [-0.05, 0) is 13.0 Å². The average molecular weight is 303 g/mol. The van der Waals surface area contributed by atoms with Crippen LogP contribution in [0.25, 0.3) is 0 Å². The molecule has 4 nitrogen and oxygen atoms in total. The Kier molecular flexibility index (Phi) is 4.96. The van der Waals surface area contributed by atoms with Gasteiger partial charge in [0.05, 0.1) is 12.1 Å². The maximum atomic E-state index is 12.9. The lowest BCUT2D eigenvalue weighted by atomic mass is 9.91. The van der Waals surface area contributed by atoms with Crippen LogP contribution in [0.1, 0.15) is 44.9 Å². The summed E-state index contributed by atoms with van der Waals surface area (Å²) in [4.78, 5) is 20.9. The number of hydrogen-bond donors (Lipinski definition) is 0. The van der Waals surface area contributed by atoms with Gasteiger partial charge in [0.2, 0.25) is 5.91 Å². The lowest BCUT2D eigenvalue weighted by Crippen LogP contribution is -2.29. The Morgan fingerprint density at radius 3 is 2.14 bits per heavy atom. The Balaban J connectivity index is 3.23. The van der Waals surface area contributed by atoms with Crippen molar-refractivity contribution in [3.05, 3.63) is 23.3 Å². The molecule has 0 saturated heterocycles. The van der Waals surface area contributed by atoms with Crippen molar-refractivity contribution in [1.82, 2.24) is 14.9 Å². The van der Waals surface area contributed by atoms with Gasteiger partial charge in [-0.3, -0.25) is 4.79 Å². The topological polar surface area (TPSA) is 46.1 Å². The van der Waals surface area contributed by atoms with Gasteiger partial charge in [0.1, 0.15) is 11.5 Å². The molecule has 0 atom stereocenters.